The first kappa shape index (κ1) is 33.0. The first-order chi connectivity index (χ1) is 23.4. The lowest BCUT2D eigenvalue weighted by molar-refractivity contribution is 0.482. The molecule has 4 saturated carbocycles. The SMILES string of the molecule is [C-]#[N+]C1=C(C2CCCC2)C(=C(Oc2c(C(C)C)cc(C#N)cc2C(C)C)c2[nH]c(C3CCCC3)cc2C2CCCC2)N=C1C1CCCC1. The second-order valence-electron chi connectivity index (χ2n) is 16.0. The van der Waals surface area contributed by atoms with E-state index in [4.69, 9.17) is 16.3 Å². The lowest BCUT2D eigenvalue weighted by Crippen LogP contribution is -2.12. The molecule has 0 spiro atoms. The summed E-state index contributed by atoms with van der Waals surface area (Å²) in [6, 6.07) is 8.99. The van der Waals surface area contributed by atoms with Gasteiger partial charge in [0.2, 0.25) is 5.70 Å². The van der Waals surface area contributed by atoms with E-state index in [-0.39, 0.29) is 11.8 Å². The topological polar surface area (TPSA) is 65.5 Å². The van der Waals surface area contributed by atoms with E-state index >= 15 is 0 Å². The van der Waals surface area contributed by atoms with Crippen molar-refractivity contribution >= 4 is 11.5 Å². The minimum absolute atomic E-state index is 0.175. The number of aromatic amines is 1. The van der Waals surface area contributed by atoms with Gasteiger partial charge in [-0.25, -0.2) is 4.85 Å². The maximum atomic E-state index is 10.0. The van der Waals surface area contributed by atoms with Crippen LogP contribution in [0.4, 0.5) is 0 Å². The van der Waals surface area contributed by atoms with E-state index in [1.807, 2.05) is 12.1 Å². The summed E-state index contributed by atoms with van der Waals surface area (Å²) < 4.78 is 7.53. The van der Waals surface area contributed by atoms with Crippen molar-refractivity contribution in [2.75, 3.05) is 0 Å². The Morgan fingerprint density at radius 1 is 0.792 bits per heavy atom. The monoisotopic (exact) mass is 642 g/mol. The third-order valence-electron chi connectivity index (χ3n) is 12.2. The van der Waals surface area contributed by atoms with Crippen molar-refractivity contribution in [2.45, 2.75) is 154 Å². The fourth-order valence-corrected chi connectivity index (χ4v) is 9.59. The van der Waals surface area contributed by atoms with Gasteiger partial charge >= 0.3 is 0 Å². The molecule has 4 aliphatic carbocycles. The summed E-state index contributed by atoms with van der Waals surface area (Å²) in [5.41, 5.74) is 10.6. The average Bonchev–Trinajstić information content (AvgIpc) is 3.94. The number of ether oxygens (including phenoxy) is 1. The summed E-state index contributed by atoms with van der Waals surface area (Å²) in [4.78, 5) is 13.9. The molecular weight excluding hydrogens is 589 g/mol. The fraction of sp³-hybridized carbons (Fsp3) is 0.605. The number of H-pyrrole nitrogens is 1. The lowest BCUT2D eigenvalue weighted by atomic mass is 9.89. The summed E-state index contributed by atoms with van der Waals surface area (Å²) in [6.45, 7) is 17.3. The van der Waals surface area contributed by atoms with Crippen LogP contribution in [-0.4, -0.2) is 10.7 Å². The molecule has 4 fully saturated rings. The Balaban J connectivity index is 1.52. The van der Waals surface area contributed by atoms with Gasteiger partial charge in [-0.05, 0) is 127 Å². The number of allylic oxidation sites excluding steroid dienone is 2. The van der Waals surface area contributed by atoms with Gasteiger partial charge in [0, 0.05) is 5.69 Å². The van der Waals surface area contributed by atoms with Crippen LogP contribution in [0.3, 0.4) is 0 Å². The maximum absolute atomic E-state index is 10.0. The van der Waals surface area contributed by atoms with Crippen LogP contribution >= 0.6 is 0 Å². The number of rotatable bonds is 9. The molecule has 5 aliphatic rings. The number of nitrogens with zero attached hydrogens (tertiary/aromatic N) is 3. The highest BCUT2D eigenvalue weighted by molar-refractivity contribution is 6.09. The maximum Gasteiger partial charge on any atom is 0.214 e. The highest BCUT2D eigenvalue weighted by atomic mass is 16.5. The van der Waals surface area contributed by atoms with Gasteiger partial charge < -0.3 is 9.72 Å². The van der Waals surface area contributed by atoms with Crippen molar-refractivity contribution in [1.29, 1.82) is 5.26 Å². The summed E-state index contributed by atoms with van der Waals surface area (Å²) >= 11 is 0. The molecule has 1 aliphatic heterocycles. The van der Waals surface area contributed by atoms with E-state index in [1.54, 1.807) is 0 Å². The largest absolute Gasteiger partial charge is 0.452 e. The molecule has 5 nitrogen and oxygen atoms in total. The molecule has 0 bridgehead atoms. The van der Waals surface area contributed by atoms with Crippen molar-refractivity contribution in [1.82, 2.24) is 4.98 Å². The van der Waals surface area contributed by atoms with Crippen LogP contribution in [-0.2, 0) is 0 Å². The van der Waals surface area contributed by atoms with Crippen LogP contribution < -0.4 is 4.74 Å². The molecule has 1 aromatic carbocycles. The molecule has 0 unspecified atom stereocenters. The standard InChI is InChI=1S/C43H54N4O/c1-26(2)33-22-28(25-44)23-34(27(3)4)42(33)48-43(39-35(29-14-6-7-15-29)24-36(46-39)30-16-8-9-17-30)41-37(31-18-10-11-19-31)40(45-5)38(47-41)32-20-12-13-21-32/h22-24,26-27,29-32,46H,6-21H2,1-4H3. The predicted octanol–water partition coefficient (Wildman–Crippen LogP) is 12.2. The highest BCUT2D eigenvalue weighted by Crippen LogP contribution is 2.50. The third-order valence-corrected chi connectivity index (χ3v) is 12.2. The molecule has 48 heavy (non-hydrogen) atoms. The molecule has 252 valence electrons. The molecule has 5 heteroatoms. The summed E-state index contributed by atoms with van der Waals surface area (Å²) in [7, 11) is 0. The van der Waals surface area contributed by atoms with Crippen molar-refractivity contribution < 1.29 is 4.74 Å². The lowest BCUT2D eigenvalue weighted by Gasteiger charge is -2.24. The zero-order valence-corrected chi connectivity index (χ0v) is 29.8. The van der Waals surface area contributed by atoms with Crippen LogP contribution in [0.2, 0.25) is 0 Å². The Hall–Kier alpha value is -3.57. The molecule has 0 atom stereocenters. The Morgan fingerprint density at radius 3 is 1.83 bits per heavy atom. The number of hydrogen-bond acceptors (Lipinski definition) is 3. The number of aromatic nitrogens is 1. The first-order valence-electron chi connectivity index (χ1n) is 19.3. The predicted molar refractivity (Wildman–Crippen MR) is 195 cm³/mol. The Bertz CT molecular complexity index is 1670. The Labute approximate surface area is 288 Å². The number of nitrogens with one attached hydrogen (secondary N) is 1. The van der Waals surface area contributed by atoms with E-state index in [0.29, 0.717) is 29.2 Å². The second kappa shape index (κ2) is 14.1. The molecule has 2 aromatic rings. The summed E-state index contributed by atoms with van der Waals surface area (Å²) in [5, 5.41) is 10.0. The van der Waals surface area contributed by atoms with Crippen molar-refractivity contribution in [3.05, 3.63) is 80.2 Å². The molecule has 1 aromatic heterocycles. The zero-order chi connectivity index (χ0) is 33.4. The number of aliphatic imine (C=N–C) groups is 1. The van der Waals surface area contributed by atoms with Gasteiger partial charge in [-0.15, -0.1) is 0 Å². The van der Waals surface area contributed by atoms with Crippen LogP contribution in [0.1, 0.15) is 188 Å². The van der Waals surface area contributed by atoms with Gasteiger partial charge in [0.25, 0.3) is 0 Å². The highest BCUT2D eigenvalue weighted by Gasteiger charge is 2.39. The minimum atomic E-state index is 0.175. The van der Waals surface area contributed by atoms with Gasteiger partial charge in [0.05, 0.1) is 35.3 Å². The van der Waals surface area contributed by atoms with E-state index < -0.39 is 0 Å². The van der Waals surface area contributed by atoms with Crippen molar-refractivity contribution in [2.24, 2.45) is 16.8 Å². The number of benzene rings is 1. The van der Waals surface area contributed by atoms with Crippen molar-refractivity contribution in [3.63, 3.8) is 0 Å². The van der Waals surface area contributed by atoms with Gasteiger partial charge in [0.1, 0.15) is 5.75 Å². The fourth-order valence-electron chi connectivity index (χ4n) is 9.59. The molecule has 0 amide bonds. The molecule has 7 rings (SSSR count). The van der Waals surface area contributed by atoms with Gasteiger partial charge in [-0.3, -0.25) is 4.99 Å². The molecule has 2 heterocycles. The zero-order valence-electron chi connectivity index (χ0n) is 29.8. The van der Waals surface area contributed by atoms with Gasteiger partial charge in [0.15, 0.2) is 5.76 Å². The smallest absolute Gasteiger partial charge is 0.214 e. The van der Waals surface area contributed by atoms with E-state index in [0.717, 1.165) is 76.7 Å². The van der Waals surface area contributed by atoms with Crippen LogP contribution in [0, 0.1) is 29.7 Å². The molecule has 1 N–H and O–H groups in total. The Kier molecular flexibility index (Phi) is 9.69. The Morgan fingerprint density at radius 2 is 1.31 bits per heavy atom. The van der Waals surface area contributed by atoms with Gasteiger partial charge in [-0.2, -0.15) is 5.26 Å². The first-order valence-corrected chi connectivity index (χ1v) is 19.3. The van der Waals surface area contributed by atoms with E-state index in [9.17, 15) is 5.26 Å². The number of hydrogen-bond donors (Lipinski definition) is 1. The van der Waals surface area contributed by atoms with Crippen LogP contribution in [0.5, 0.6) is 5.75 Å². The van der Waals surface area contributed by atoms with Gasteiger partial charge in [-0.1, -0.05) is 79.1 Å². The quantitative estimate of drug-likeness (QED) is 0.218. The minimum Gasteiger partial charge on any atom is -0.452 e. The normalized spacial score (nSPS) is 22.4. The second-order valence-corrected chi connectivity index (χ2v) is 16.0. The van der Waals surface area contributed by atoms with Crippen LogP contribution in [0.25, 0.3) is 10.6 Å². The van der Waals surface area contributed by atoms with Crippen LogP contribution in [0.15, 0.2) is 40.2 Å². The molecular formula is C43H54N4O. The average molecular weight is 643 g/mol. The third kappa shape index (κ3) is 6.19. The molecule has 0 radical (unpaired) electrons. The van der Waals surface area contributed by atoms with E-state index in [2.05, 4.69) is 49.7 Å². The van der Waals surface area contributed by atoms with E-state index in [1.165, 1.54) is 88.3 Å². The summed E-state index contributed by atoms with van der Waals surface area (Å²) in [5.74, 6) is 3.79. The summed E-state index contributed by atoms with van der Waals surface area (Å²) in [6.07, 6.45) is 19.3. The van der Waals surface area contributed by atoms with Crippen molar-refractivity contribution in [3.8, 4) is 11.8 Å². The molecule has 0 saturated heterocycles. The number of nitriles is 1.